The Morgan fingerprint density at radius 1 is 1.11 bits per heavy atom. The molecule has 0 bridgehead atoms. The molecule has 2 nitrogen and oxygen atoms in total. The van der Waals surface area contributed by atoms with E-state index in [4.69, 9.17) is 0 Å². The lowest BCUT2D eigenvalue weighted by Crippen LogP contribution is -2.39. The van der Waals surface area contributed by atoms with E-state index in [1.165, 1.54) is 70.9 Å². The molecule has 1 saturated carbocycles. The monoisotopic (exact) mass is 253 g/mol. The molecule has 2 aliphatic rings. The second-order valence-corrected chi connectivity index (χ2v) is 6.73. The van der Waals surface area contributed by atoms with Gasteiger partial charge in [0.1, 0.15) is 0 Å². The summed E-state index contributed by atoms with van der Waals surface area (Å²) in [6.45, 7) is 6.40. The summed E-state index contributed by atoms with van der Waals surface area (Å²) < 4.78 is 0. The van der Waals surface area contributed by atoms with Gasteiger partial charge in [0.2, 0.25) is 0 Å². The standard InChI is InChI=1S/C16H31NO/c1-2-6-15-7-5-11-17(12-8-15)13-16(14-18)9-3-4-10-16/h15,18H,2-14H2,1H3. The predicted octanol–water partition coefficient (Wildman–Crippen LogP) is 3.44. The molecule has 0 radical (unpaired) electrons. The molecule has 0 spiro atoms. The van der Waals surface area contributed by atoms with Crippen LogP contribution in [0.1, 0.15) is 64.7 Å². The van der Waals surface area contributed by atoms with Crippen molar-refractivity contribution in [2.75, 3.05) is 26.2 Å². The van der Waals surface area contributed by atoms with E-state index >= 15 is 0 Å². The maximum atomic E-state index is 9.73. The zero-order valence-electron chi connectivity index (χ0n) is 12.2. The summed E-state index contributed by atoms with van der Waals surface area (Å²) in [5.74, 6) is 0.966. The van der Waals surface area contributed by atoms with Crippen LogP contribution in [0, 0.1) is 11.3 Å². The fourth-order valence-electron chi connectivity index (χ4n) is 4.05. The van der Waals surface area contributed by atoms with Crippen molar-refractivity contribution in [1.82, 2.24) is 4.90 Å². The van der Waals surface area contributed by atoms with Crippen LogP contribution >= 0.6 is 0 Å². The van der Waals surface area contributed by atoms with Gasteiger partial charge in [-0.2, -0.15) is 0 Å². The third-order valence-corrected chi connectivity index (χ3v) is 5.20. The van der Waals surface area contributed by atoms with Gasteiger partial charge in [-0.05, 0) is 51.1 Å². The Hall–Kier alpha value is -0.0800. The number of nitrogens with zero attached hydrogens (tertiary/aromatic N) is 1. The minimum Gasteiger partial charge on any atom is -0.396 e. The summed E-state index contributed by atoms with van der Waals surface area (Å²) in [5.41, 5.74) is 0.255. The second kappa shape index (κ2) is 6.91. The Bertz CT molecular complexity index is 235. The van der Waals surface area contributed by atoms with Gasteiger partial charge >= 0.3 is 0 Å². The lowest BCUT2D eigenvalue weighted by Gasteiger charge is -2.33. The van der Waals surface area contributed by atoms with Crippen LogP contribution in [-0.4, -0.2) is 36.2 Å². The van der Waals surface area contributed by atoms with Crippen molar-refractivity contribution in [1.29, 1.82) is 0 Å². The van der Waals surface area contributed by atoms with Crippen LogP contribution in [0.25, 0.3) is 0 Å². The summed E-state index contributed by atoms with van der Waals surface area (Å²) in [6.07, 6.45) is 12.1. The molecule has 0 aromatic carbocycles. The molecule has 0 aromatic heterocycles. The van der Waals surface area contributed by atoms with Gasteiger partial charge < -0.3 is 10.0 Å². The third kappa shape index (κ3) is 3.71. The summed E-state index contributed by atoms with van der Waals surface area (Å²) in [6, 6.07) is 0. The Kier molecular flexibility index (Phi) is 5.50. The highest BCUT2D eigenvalue weighted by Gasteiger charge is 2.35. The average Bonchev–Trinajstić information content (AvgIpc) is 2.74. The van der Waals surface area contributed by atoms with Crippen LogP contribution in [-0.2, 0) is 0 Å². The summed E-state index contributed by atoms with van der Waals surface area (Å²) in [4.78, 5) is 2.65. The highest BCUT2D eigenvalue weighted by Crippen LogP contribution is 2.38. The van der Waals surface area contributed by atoms with E-state index in [0.29, 0.717) is 6.61 Å². The SMILES string of the molecule is CCCC1CCCN(CC2(CO)CCCC2)CC1. The van der Waals surface area contributed by atoms with Crippen molar-refractivity contribution < 1.29 is 5.11 Å². The quantitative estimate of drug-likeness (QED) is 0.811. The molecule has 1 atom stereocenters. The summed E-state index contributed by atoms with van der Waals surface area (Å²) in [5, 5.41) is 9.73. The molecular formula is C16H31NO. The number of likely N-dealkylation sites (tertiary alicyclic amines) is 1. The van der Waals surface area contributed by atoms with Crippen LogP contribution in [0.2, 0.25) is 0 Å². The molecule has 1 heterocycles. The molecule has 2 heteroatoms. The number of rotatable bonds is 5. The topological polar surface area (TPSA) is 23.5 Å². The van der Waals surface area contributed by atoms with Crippen LogP contribution in [0.4, 0.5) is 0 Å². The highest BCUT2D eigenvalue weighted by molar-refractivity contribution is 4.87. The Balaban J connectivity index is 1.82. The van der Waals surface area contributed by atoms with E-state index in [9.17, 15) is 5.11 Å². The highest BCUT2D eigenvalue weighted by atomic mass is 16.3. The first-order chi connectivity index (χ1) is 8.78. The molecule has 2 rings (SSSR count). The summed E-state index contributed by atoms with van der Waals surface area (Å²) >= 11 is 0. The Labute approximate surface area is 113 Å². The van der Waals surface area contributed by atoms with Crippen molar-refractivity contribution in [2.24, 2.45) is 11.3 Å². The number of aliphatic hydroxyl groups excluding tert-OH is 1. The molecule has 18 heavy (non-hydrogen) atoms. The van der Waals surface area contributed by atoms with E-state index in [2.05, 4.69) is 11.8 Å². The van der Waals surface area contributed by atoms with Crippen molar-refractivity contribution in [3.8, 4) is 0 Å². The van der Waals surface area contributed by atoms with E-state index in [0.717, 1.165) is 12.5 Å². The van der Waals surface area contributed by atoms with Crippen molar-refractivity contribution in [3.63, 3.8) is 0 Å². The fourth-order valence-corrected chi connectivity index (χ4v) is 4.05. The molecule has 1 aliphatic heterocycles. The third-order valence-electron chi connectivity index (χ3n) is 5.20. The van der Waals surface area contributed by atoms with Crippen molar-refractivity contribution in [2.45, 2.75) is 64.7 Å². The minimum atomic E-state index is 0.255. The summed E-state index contributed by atoms with van der Waals surface area (Å²) in [7, 11) is 0. The molecule has 0 aromatic rings. The van der Waals surface area contributed by atoms with Gasteiger partial charge in [0, 0.05) is 18.6 Å². The van der Waals surface area contributed by atoms with Crippen LogP contribution in [0.5, 0.6) is 0 Å². The molecule has 1 saturated heterocycles. The van der Waals surface area contributed by atoms with Crippen LogP contribution < -0.4 is 0 Å². The molecule has 1 N–H and O–H groups in total. The maximum absolute atomic E-state index is 9.73. The van der Waals surface area contributed by atoms with Gasteiger partial charge in [-0.1, -0.05) is 32.6 Å². The van der Waals surface area contributed by atoms with E-state index in [1.807, 2.05) is 0 Å². The normalized spacial score (nSPS) is 29.3. The molecule has 1 aliphatic carbocycles. The first-order valence-corrected chi connectivity index (χ1v) is 8.11. The zero-order valence-corrected chi connectivity index (χ0v) is 12.2. The van der Waals surface area contributed by atoms with Gasteiger partial charge in [0.05, 0.1) is 0 Å². The van der Waals surface area contributed by atoms with Gasteiger partial charge in [-0.3, -0.25) is 0 Å². The molecule has 0 amide bonds. The minimum absolute atomic E-state index is 0.255. The van der Waals surface area contributed by atoms with Gasteiger partial charge in [0.15, 0.2) is 0 Å². The molecular weight excluding hydrogens is 222 g/mol. The Morgan fingerprint density at radius 2 is 1.89 bits per heavy atom. The van der Waals surface area contributed by atoms with E-state index < -0.39 is 0 Å². The number of hydrogen-bond acceptors (Lipinski definition) is 2. The van der Waals surface area contributed by atoms with Crippen molar-refractivity contribution >= 4 is 0 Å². The molecule has 2 fully saturated rings. The maximum Gasteiger partial charge on any atom is 0.0499 e. The number of hydrogen-bond donors (Lipinski definition) is 1. The second-order valence-electron chi connectivity index (χ2n) is 6.73. The van der Waals surface area contributed by atoms with Crippen molar-refractivity contribution in [3.05, 3.63) is 0 Å². The lowest BCUT2D eigenvalue weighted by molar-refractivity contribution is 0.0792. The smallest absolute Gasteiger partial charge is 0.0499 e. The zero-order chi connectivity index (χ0) is 12.8. The van der Waals surface area contributed by atoms with Gasteiger partial charge in [-0.25, -0.2) is 0 Å². The first-order valence-electron chi connectivity index (χ1n) is 8.11. The van der Waals surface area contributed by atoms with Gasteiger partial charge in [-0.15, -0.1) is 0 Å². The fraction of sp³-hybridized carbons (Fsp3) is 1.00. The average molecular weight is 253 g/mol. The first kappa shape index (κ1) is 14.3. The lowest BCUT2D eigenvalue weighted by atomic mass is 9.86. The predicted molar refractivity (Wildman–Crippen MR) is 76.7 cm³/mol. The van der Waals surface area contributed by atoms with Crippen LogP contribution in [0.15, 0.2) is 0 Å². The largest absolute Gasteiger partial charge is 0.396 e. The van der Waals surface area contributed by atoms with Gasteiger partial charge in [0.25, 0.3) is 0 Å². The van der Waals surface area contributed by atoms with E-state index in [-0.39, 0.29) is 5.41 Å². The molecule has 1 unspecified atom stereocenters. The van der Waals surface area contributed by atoms with Crippen LogP contribution in [0.3, 0.4) is 0 Å². The van der Waals surface area contributed by atoms with E-state index in [1.54, 1.807) is 0 Å². The Morgan fingerprint density at radius 3 is 2.56 bits per heavy atom. The molecule has 106 valence electrons. The number of aliphatic hydroxyl groups is 1.